The number of methoxy groups -OCH3 is 2. The third-order valence-electron chi connectivity index (χ3n) is 7.97. The van der Waals surface area contributed by atoms with E-state index >= 15 is 0 Å². The van der Waals surface area contributed by atoms with Crippen LogP contribution in [0, 0.1) is 5.82 Å². The highest BCUT2D eigenvalue weighted by molar-refractivity contribution is 6.12. The van der Waals surface area contributed by atoms with Gasteiger partial charge in [0.1, 0.15) is 11.4 Å². The number of rotatable bonds is 14. The van der Waals surface area contributed by atoms with Crippen LogP contribution in [0.2, 0.25) is 0 Å². The maximum absolute atomic E-state index is 14.3. The van der Waals surface area contributed by atoms with Gasteiger partial charge in [0.2, 0.25) is 0 Å². The SMILES string of the molecule is CO[C@H](CCn1c(-c2ccc(F)cc2)c(-c2ccccc2)c(C(=O)Nc2ccccc2)c1C(C)C)C[C@H](CC(=O)OC(C)(C)C)OC. The lowest BCUT2D eigenvalue weighted by Gasteiger charge is -2.25. The number of esters is 1. The van der Waals surface area contributed by atoms with E-state index in [-0.39, 0.29) is 36.1 Å². The summed E-state index contributed by atoms with van der Waals surface area (Å²) in [6, 6.07) is 25.6. The zero-order valence-electron chi connectivity index (χ0n) is 28.5. The molecule has 0 aliphatic carbocycles. The zero-order valence-corrected chi connectivity index (χ0v) is 28.5. The Morgan fingerprint density at radius 3 is 1.98 bits per heavy atom. The number of aromatic nitrogens is 1. The Bertz CT molecular complexity index is 1610. The first kappa shape index (κ1) is 35.6. The minimum absolute atomic E-state index is 0.0388. The van der Waals surface area contributed by atoms with Gasteiger partial charge in [-0.3, -0.25) is 9.59 Å². The van der Waals surface area contributed by atoms with Crippen LogP contribution < -0.4 is 5.32 Å². The molecule has 0 bridgehead atoms. The van der Waals surface area contributed by atoms with E-state index in [0.717, 1.165) is 28.1 Å². The quantitative estimate of drug-likeness (QED) is 0.139. The largest absolute Gasteiger partial charge is 0.460 e. The third kappa shape index (κ3) is 9.40. The van der Waals surface area contributed by atoms with Gasteiger partial charge in [-0.1, -0.05) is 62.4 Å². The Kier molecular flexibility index (Phi) is 12.1. The van der Waals surface area contributed by atoms with E-state index in [1.165, 1.54) is 12.1 Å². The van der Waals surface area contributed by atoms with E-state index in [4.69, 9.17) is 14.2 Å². The number of nitrogens with one attached hydrogen (secondary N) is 1. The predicted octanol–water partition coefficient (Wildman–Crippen LogP) is 8.88. The number of anilines is 1. The predicted molar refractivity (Wildman–Crippen MR) is 185 cm³/mol. The molecule has 0 unspecified atom stereocenters. The summed E-state index contributed by atoms with van der Waals surface area (Å²) in [5.41, 5.74) is 4.82. The van der Waals surface area contributed by atoms with Crippen molar-refractivity contribution in [3.8, 4) is 22.4 Å². The summed E-state index contributed by atoms with van der Waals surface area (Å²) in [5.74, 6) is -0.926. The van der Waals surface area contributed by atoms with Crippen molar-refractivity contribution in [3.05, 3.63) is 102 Å². The maximum atomic E-state index is 14.3. The molecule has 4 rings (SSSR count). The van der Waals surface area contributed by atoms with Crippen LogP contribution in [-0.4, -0.2) is 48.5 Å². The van der Waals surface area contributed by atoms with Crippen molar-refractivity contribution >= 4 is 17.6 Å². The molecule has 250 valence electrons. The molecule has 8 heteroatoms. The molecule has 0 fully saturated rings. The van der Waals surface area contributed by atoms with Gasteiger partial charge in [0.25, 0.3) is 5.91 Å². The van der Waals surface area contributed by atoms with E-state index in [1.807, 2.05) is 81.4 Å². The molecule has 1 N–H and O–H groups in total. The summed E-state index contributed by atoms with van der Waals surface area (Å²) in [4.78, 5) is 26.9. The second-order valence-corrected chi connectivity index (χ2v) is 13.0. The molecular weight excluding hydrogens is 595 g/mol. The number of hydrogen-bond donors (Lipinski definition) is 1. The summed E-state index contributed by atoms with van der Waals surface area (Å²) in [7, 11) is 3.24. The Labute approximate surface area is 278 Å². The van der Waals surface area contributed by atoms with Gasteiger partial charge in [-0.2, -0.15) is 0 Å². The monoisotopic (exact) mass is 642 g/mol. The third-order valence-corrected chi connectivity index (χ3v) is 7.97. The fourth-order valence-corrected chi connectivity index (χ4v) is 5.94. The van der Waals surface area contributed by atoms with E-state index in [9.17, 15) is 14.0 Å². The highest BCUT2D eigenvalue weighted by atomic mass is 19.1. The number of ether oxygens (including phenoxy) is 3. The van der Waals surface area contributed by atoms with Crippen LogP contribution in [0.25, 0.3) is 22.4 Å². The Morgan fingerprint density at radius 2 is 1.43 bits per heavy atom. The molecule has 2 atom stereocenters. The average Bonchev–Trinajstić information content (AvgIpc) is 3.38. The maximum Gasteiger partial charge on any atom is 0.308 e. The van der Waals surface area contributed by atoms with Crippen molar-refractivity contribution in [3.63, 3.8) is 0 Å². The summed E-state index contributed by atoms with van der Waals surface area (Å²) in [6.45, 7) is 10.2. The smallest absolute Gasteiger partial charge is 0.308 e. The lowest BCUT2D eigenvalue weighted by atomic mass is 9.94. The summed E-state index contributed by atoms with van der Waals surface area (Å²) in [5, 5.41) is 3.11. The number of para-hydroxylation sites is 1. The summed E-state index contributed by atoms with van der Waals surface area (Å²) in [6.07, 6.45) is 0.502. The van der Waals surface area contributed by atoms with Gasteiger partial charge in [0.15, 0.2) is 0 Å². The van der Waals surface area contributed by atoms with Gasteiger partial charge >= 0.3 is 5.97 Å². The first-order valence-corrected chi connectivity index (χ1v) is 16.1. The first-order valence-electron chi connectivity index (χ1n) is 16.1. The Balaban J connectivity index is 1.81. The van der Waals surface area contributed by atoms with E-state index in [1.54, 1.807) is 26.4 Å². The van der Waals surface area contributed by atoms with E-state index in [0.29, 0.717) is 30.6 Å². The highest BCUT2D eigenvalue weighted by Crippen LogP contribution is 2.42. The van der Waals surface area contributed by atoms with Gasteiger partial charge in [0.05, 0.1) is 29.9 Å². The van der Waals surface area contributed by atoms with Crippen LogP contribution in [0.5, 0.6) is 0 Å². The molecule has 47 heavy (non-hydrogen) atoms. The van der Waals surface area contributed by atoms with Gasteiger partial charge in [-0.25, -0.2) is 4.39 Å². The molecule has 0 spiro atoms. The van der Waals surface area contributed by atoms with Crippen molar-refractivity contribution in [2.75, 3.05) is 19.5 Å². The highest BCUT2D eigenvalue weighted by Gasteiger charge is 2.31. The van der Waals surface area contributed by atoms with Gasteiger partial charge in [-0.05, 0) is 80.6 Å². The lowest BCUT2D eigenvalue weighted by molar-refractivity contribution is -0.158. The normalized spacial score (nSPS) is 13.0. The molecule has 0 aliphatic rings. The van der Waals surface area contributed by atoms with Crippen LogP contribution >= 0.6 is 0 Å². The number of amides is 1. The fraction of sp³-hybridized carbons (Fsp3) is 0.385. The van der Waals surface area contributed by atoms with E-state index < -0.39 is 11.7 Å². The van der Waals surface area contributed by atoms with Gasteiger partial charge in [0, 0.05) is 44.1 Å². The molecule has 0 saturated carbocycles. The molecule has 7 nitrogen and oxygen atoms in total. The minimum Gasteiger partial charge on any atom is -0.460 e. The summed E-state index contributed by atoms with van der Waals surface area (Å²) < 4.78 is 33.5. The van der Waals surface area contributed by atoms with E-state index in [2.05, 4.69) is 23.7 Å². The molecule has 1 amide bonds. The number of carbonyl (C=O) groups excluding carboxylic acids is 2. The van der Waals surface area contributed by atoms with Crippen molar-refractivity contribution in [2.24, 2.45) is 0 Å². The Hall–Kier alpha value is -4.27. The molecule has 1 aromatic heterocycles. The van der Waals surface area contributed by atoms with Gasteiger partial charge < -0.3 is 24.1 Å². The molecule has 0 radical (unpaired) electrons. The average molecular weight is 643 g/mol. The molecule has 0 aliphatic heterocycles. The Morgan fingerprint density at radius 1 is 0.830 bits per heavy atom. The fourth-order valence-electron chi connectivity index (χ4n) is 5.94. The number of nitrogens with zero attached hydrogens (tertiary/aromatic N) is 1. The minimum atomic E-state index is -0.588. The van der Waals surface area contributed by atoms with Crippen molar-refractivity contribution < 1.29 is 28.2 Å². The van der Waals surface area contributed by atoms with Crippen LogP contribution in [0.3, 0.4) is 0 Å². The number of hydrogen-bond acceptors (Lipinski definition) is 5. The summed E-state index contributed by atoms with van der Waals surface area (Å²) >= 11 is 0. The number of benzene rings is 3. The number of carbonyl (C=O) groups is 2. The second kappa shape index (κ2) is 16.0. The van der Waals surface area contributed by atoms with Crippen LogP contribution in [0.4, 0.5) is 10.1 Å². The van der Waals surface area contributed by atoms with Crippen LogP contribution in [0.15, 0.2) is 84.9 Å². The number of halogens is 1. The van der Waals surface area contributed by atoms with Crippen molar-refractivity contribution in [2.45, 2.75) is 84.2 Å². The van der Waals surface area contributed by atoms with Crippen LogP contribution in [-0.2, 0) is 25.5 Å². The molecule has 4 aromatic rings. The molecule has 1 heterocycles. The lowest BCUT2D eigenvalue weighted by Crippen LogP contribution is -2.30. The zero-order chi connectivity index (χ0) is 34.1. The van der Waals surface area contributed by atoms with Crippen LogP contribution in [0.1, 0.15) is 75.9 Å². The molecule has 3 aromatic carbocycles. The standard InChI is InChI=1S/C39H47FN2O5/c1-26(2)36-35(38(44)41-30-16-12-9-13-17-30)34(27-14-10-8-11-15-27)37(28-18-20-29(40)21-19-28)42(36)23-22-31(45-6)24-32(46-7)25-33(43)47-39(3,4)5/h8-21,26,31-32H,22-25H2,1-7H3,(H,41,44)/t31-,32-/m1/s1. The second-order valence-electron chi connectivity index (χ2n) is 13.0. The molecular formula is C39H47FN2O5. The first-order chi connectivity index (χ1) is 22.4. The van der Waals surface area contributed by atoms with Crippen molar-refractivity contribution in [1.82, 2.24) is 4.57 Å². The molecule has 0 saturated heterocycles. The topological polar surface area (TPSA) is 78.8 Å². The van der Waals surface area contributed by atoms with Gasteiger partial charge in [-0.15, -0.1) is 0 Å². The van der Waals surface area contributed by atoms with Crippen molar-refractivity contribution in [1.29, 1.82) is 0 Å².